The first-order valence-corrected chi connectivity index (χ1v) is 6.75. The number of halogens is 1. The number of anilines is 3. The quantitative estimate of drug-likeness (QED) is 0.885. The van der Waals surface area contributed by atoms with Gasteiger partial charge in [-0.2, -0.15) is 0 Å². The van der Waals surface area contributed by atoms with E-state index in [2.05, 4.69) is 31.2 Å². The summed E-state index contributed by atoms with van der Waals surface area (Å²) in [6.45, 7) is 1.26. The molecule has 3 N–H and O–H groups in total. The minimum absolute atomic E-state index is 0.571. The molecule has 0 saturated heterocycles. The largest absolute Gasteiger partial charge is 0.369 e. The highest BCUT2D eigenvalue weighted by molar-refractivity contribution is 9.10. The lowest BCUT2D eigenvalue weighted by atomic mass is 10.3. The molecule has 1 aromatic heterocycles. The van der Waals surface area contributed by atoms with Crippen molar-refractivity contribution in [2.24, 2.45) is 5.73 Å². The summed E-state index contributed by atoms with van der Waals surface area (Å²) < 4.78 is 1.05. The summed E-state index contributed by atoms with van der Waals surface area (Å²) in [5.74, 6) is 1.61. The molecule has 2 rings (SSSR count). The van der Waals surface area contributed by atoms with Gasteiger partial charge in [-0.1, -0.05) is 15.9 Å². The predicted octanol–water partition coefficient (Wildman–Crippen LogP) is 2.38. The molecule has 100 valence electrons. The highest BCUT2D eigenvalue weighted by Crippen LogP contribution is 2.24. The van der Waals surface area contributed by atoms with E-state index < -0.39 is 0 Å². The van der Waals surface area contributed by atoms with E-state index in [4.69, 9.17) is 5.73 Å². The zero-order valence-electron chi connectivity index (χ0n) is 10.7. The van der Waals surface area contributed by atoms with Crippen LogP contribution in [0.15, 0.2) is 41.1 Å². The van der Waals surface area contributed by atoms with Crippen LogP contribution in [0, 0.1) is 0 Å². The minimum atomic E-state index is 0.571. The zero-order valence-corrected chi connectivity index (χ0v) is 12.3. The number of hydrogen-bond acceptors (Lipinski definition) is 5. The molecule has 0 saturated carbocycles. The Morgan fingerprint density at radius 1 is 1.26 bits per heavy atom. The monoisotopic (exact) mass is 321 g/mol. The number of nitrogens with zero attached hydrogens (tertiary/aromatic N) is 3. The number of benzene rings is 1. The summed E-state index contributed by atoms with van der Waals surface area (Å²) in [7, 11) is 1.97. The van der Waals surface area contributed by atoms with Gasteiger partial charge in [-0.05, 0) is 24.3 Å². The topological polar surface area (TPSA) is 67.1 Å². The van der Waals surface area contributed by atoms with Gasteiger partial charge in [-0.3, -0.25) is 0 Å². The van der Waals surface area contributed by atoms with Crippen molar-refractivity contribution < 1.29 is 0 Å². The van der Waals surface area contributed by atoms with Crippen LogP contribution in [0.1, 0.15) is 0 Å². The standard InChI is InChI=1S/C13H16BrN5/c1-19(11-4-2-10(14)3-5-11)13-8-12(16-7-6-15)17-9-18-13/h2-5,8-9H,6-7,15H2,1H3,(H,16,17,18). The SMILES string of the molecule is CN(c1ccc(Br)cc1)c1cc(NCCN)ncn1. The molecule has 0 radical (unpaired) electrons. The van der Waals surface area contributed by atoms with Crippen molar-refractivity contribution in [3.8, 4) is 0 Å². The summed E-state index contributed by atoms with van der Waals surface area (Å²) in [5, 5.41) is 3.14. The Labute approximate surface area is 121 Å². The lowest BCUT2D eigenvalue weighted by Crippen LogP contribution is -2.15. The molecule has 6 heteroatoms. The summed E-state index contributed by atoms with van der Waals surface area (Å²) in [4.78, 5) is 10.4. The Bertz CT molecular complexity index is 529. The number of nitrogens with two attached hydrogens (primary N) is 1. The van der Waals surface area contributed by atoms with Crippen molar-refractivity contribution >= 4 is 33.3 Å². The van der Waals surface area contributed by atoms with Gasteiger partial charge in [0.1, 0.15) is 18.0 Å². The van der Waals surface area contributed by atoms with Crippen LogP contribution in [0.3, 0.4) is 0 Å². The third-order valence-corrected chi connectivity index (χ3v) is 3.19. The van der Waals surface area contributed by atoms with Crippen LogP contribution in [-0.4, -0.2) is 30.1 Å². The van der Waals surface area contributed by atoms with E-state index in [0.717, 1.165) is 21.8 Å². The number of nitrogens with one attached hydrogen (secondary N) is 1. The third kappa shape index (κ3) is 3.65. The van der Waals surface area contributed by atoms with Gasteiger partial charge in [0.25, 0.3) is 0 Å². The van der Waals surface area contributed by atoms with Crippen molar-refractivity contribution in [1.82, 2.24) is 9.97 Å². The molecule has 0 unspecified atom stereocenters. The van der Waals surface area contributed by atoms with Gasteiger partial charge in [0, 0.05) is 36.4 Å². The van der Waals surface area contributed by atoms with E-state index >= 15 is 0 Å². The molecule has 2 aromatic rings. The molecular formula is C13H16BrN5. The molecule has 5 nitrogen and oxygen atoms in total. The second-order valence-electron chi connectivity index (χ2n) is 4.01. The summed E-state index contributed by atoms with van der Waals surface area (Å²) >= 11 is 3.42. The van der Waals surface area contributed by atoms with E-state index in [1.54, 1.807) is 6.33 Å². The molecule has 19 heavy (non-hydrogen) atoms. The van der Waals surface area contributed by atoms with Crippen molar-refractivity contribution in [1.29, 1.82) is 0 Å². The van der Waals surface area contributed by atoms with Gasteiger partial charge in [0.05, 0.1) is 0 Å². The molecule has 0 spiro atoms. The first-order chi connectivity index (χ1) is 9.20. The van der Waals surface area contributed by atoms with Gasteiger partial charge in [0.2, 0.25) is 0 Å². The van der Waals surface area contributed by atoms with E-state index in [9.17, 15) is 0 Å². The van der Waals surface area contributed by atoms with Crippen molar-refractivity contribution in [2.45, 2.75) is 0 Å². The normalized spacial score (nSPS) is 10.3. The molecule has 0 aliphatic heterocycles. The van der Waals surface area contributed by atoms with E-state index in [1.807, 2.05) is 42.3 Å². The van der Waals surface area contributed by atoms with Crippen LogP contribution in [0.2, 0.25) is 0 Å². The van der Waals surface area contributed by atoms with Gasteiger partial charge in [-0.25, -0.2) is 9.97 Å². The average Bonchev–Trinajstić information content (AvgIpc) is 2.45. The lowest BCUT2D eigenvalue weighted by Gasteiger charge is -2.18. The Hall–Kier alpha value is -1.66. The summed E-state index contributed by atoms with van der Waals surface area (Å²) in [6.07, 6.45) is 1.55. The molecule has 0 aliphatic carbocycles. The Morgan fingerprint density at radius 2 is 2.00 bits per heavy atom. The fourth-order valence-electron chi connectivity index (χ4n) is 1.62. The van der Waals surface area contributed by atoms with Gasteiger partial charge in [0.15, 0.2) is 0 Å². The molecule has 0 bridgehead atoms. The molecule has 0 atom stereocenters. The van der Waals surface area contributed by atoms with Crippen LogP contribution >= 0.6 is 15.9 Å². The van der Waals surface area contributed by atoms with Crippen molar-refractivity contribution in [2.75, 3.05) is 30.4 Å². The average molecular weight is 322 g/mol. The van der Waals surface area contributed by atoms with E-state index in [0.29, 0.717) is 13.1 Å². The minimum Gasteiger partial charge on any atom is -0.369 e. The molecule has 1 heterocycles. The maximum absolute atomic E-state index is 5.46. The third-order valence-electron chi connectivity index (χ3n) is 2.66. The van der Waals surface area contributed by atoms with E-state index in [1.165, 1.54) is 0 Å². The number of aromatic nitrogens is 2. The number of hydrogen-bond donors (Lipinski definition) is 2. The summed E-state index contributed by atoms with van der Waals surface area (Å²) in [6, 6.07) is 9.96. The second-order valence-corrected chi connectivity index (χ2v) is 4.93. The van der Waals surface area contributed by atoms with Gasteiger partial charge in [-0.15, -0.1) is 0 Å². The highest BCUT2D eigenvalue weighted by atomic mass is 79.9. The van der Waals surface area contributed by atoms with Crippen LogP contribution in [0.4, 0.5) is 17.3 Å². The van der Waals surface area contributed by atoms with Gasteiger partial charge >= 0.3 is 0 Å². The van der Waals surface area contributed by atoms with Crippen LogP contribution in [0.25, 0.3) is 0 Å². The molecule has 0 amide bonds. The fourth-order valence-corrected chi connectivity index (χ4v) is 1.89. The van der Waals surface area contributed by atoms with Crippen LogP contribution in [0.5, 0.6) is 0 Å². The van der Waals surface area contributed by atoms with E-state index in [-0.39, 0.29) is 0 Å². The molecule has 0 aliphatic rings. The second kappa shape index (κ2) is 6.49. The van der Waals surface area contributed by atoms with Crippen LogP contribution in [-0.2, 0) is 0 Å². The fraction of sp³-hybridized carbons (Fsp3) is 0.231. The Balaban J connectivity index is 2.18. The molecular weight excluding hydrogens is 306 g/mol. The lowest BCUT2D eigenvalue weighted by molar-refractivity contribution is 0.998. The maximum atomic E-state index is 5.46. The van der Waals surface area contributed by atoms with Gasteiger partial charge < -0.3 is 16.0 Å². The van der Waals surface area contributed by atoms with Crippen LogP contribution < -0.4 is 16.0 Å². The molecule has 0 fully saturated rings. The first kappa shape index (κ1) is 13.8. The predicted molar refractivity (Wildman–Crippen MR) is 81.8 cm³/mol. The molecule has 1 aromatic carbocycles. The van der Waals surface area contributed by atoms with Crippen molar-refractivity contribution in [3.63, 3.8) is 0 Å². The highest BCUT2D eigenvalue weighted by Gasteiger charge is 2.06. The summed E-state index contributed by atoms with van der Waals surface area (Å²) in [5.41, 5.74) is 6.52. The Kier molecular flexibility index (Phi) is 4.70. The first-order valence-electron chi connectivity index (χ1n) is 5.96. The zero-order chi connectivity index (χ0) is 13.7. The Morgan fingerprint density at radius 3 is 2.68 bits per heavy atom. The number of rotatable bonds is 5. The smallest absolute Gasteiger partial charge is 0.138 e. The maximum Gasteiger partial charge on any atom is 0.138 e. The van der Waals surface area contributed by atoms with Crippen molar-refractivity contribution in [3.05, 3.63) is 41.1 Å².